The predicted molar refractivity (Wildman–Crippen MR) is 11.2 cm³/mol. The van der Waals surface area contributed by atoms with Gasteiger partial charge in [-0.1, -0.05) is 0 Å². The molecular weight excluding hydrogens is 111 g/mol. The Bertz CT molecular complexity index is 72.8. The third kappa shape index (κ3) is 3.47. The Morgan fingerprint density at radius 2 is 1.60 bits per heavy atom. The van der Waals surface area contributed by atoms with Crippen molar-refractivity contribution in [2.45, 2.75) is 0 Å². The Kier molecular flexibility index (Phi) is 3.11. The van der Waals surface area contributed by atoms with Gasteiger partial charge in [0.05, 0.1) is 0 Å². The van der Waals surface area contributed by atoms with Gasteiger partial charge in [-0.15, -0.1) is 0 Å². The first-order valence-corrected chi connectivity index (χ1v) is 1.75. The van der Waals surface area contributed by atoms with Crippen molar-refractivity contribution in [3.05, 3.63) is 0 Å². The second-order valence-electron chi connectivity index (χ2n) is 0.220. The van der Waals surface area contributed by atoms with E-state index in [0.29, 0.717) is 14.4 Å². The van der Waals surface area contributed by atoms with Crippen LogP contribution in [0.4, 0.5) is 0 Å². The summed E-state index contributed by atoms with van der Waals surface area (Å²) in [6.45, 7) is 0. The summed E-state index contributed by atoms with van der Waals surface area (Å²) < 4.78 is 0. The van der Waals surface area contributed by atoms with E-state index in [1.807, 2.05) is 0 Å². The normalized spacial score (nSPS) is 5.20. The van der Waals surface area contributed by atoms with Crippen LogP contribution in [0, 0.1) is 20.6 Å². The fourth-order valence-corrected chi connectivity index (χ4v) is 0.0652. The number of hydrogen-bond acceptors (Lipinski definition) is 2. The van der Waals surface area contributed by atoms with Crippen LogP contribution in [0.2, 0.25) is 0 Å². The predicted octanol–water partition coefficient (Wildman–Crippen LogP) is 0.0311. The molecule has 0 N–H and O–H groups in total. The Hall–Kier alpha value is -0.526. The van der Waals surface area contributed by atoms with E-state index in [2.05, 4.69) is 0 Å². The first-order valence-electron chi connectivity index (χ1n) is 0.763. The standard InChI is InChI=1S/2CN.Ni/c2*1-2;. The average molecular weight is 111 g/mol. The van der Waals surface area contributed by atoms with E-state index in [9.17, 15) is 0 Å². The molecule has 0 atom stereocenters. The monoisotopic (exact) mass is 110 g/mol. The van der Waals surface area contributed by atoms with Gasteiger partial charge in [0, 0.05) is 0 Å². The van der Waals surface area contributed by atoms with Gasteiger partial charge in [-0.25, -0.2) is 0 Å². The van der Waals surface area contributed by atoms with Gasteiger partial charge in [0.1, 0.15) is 0 Å². The summed E-state index contributed by atoms with van der Waals surface area (Å²) in [6.07, 6.45) is 0. The maximum absolute atomic E-state index is 7.57. The molecule has 0 radical (unpaired) electrons. The number of nitriles is 2. The minimum absolute atomic E-state index is 0.431. The molecule has 0 bridgehead atoms. The fourth-order valence-electron chi connectivity index (χ4n) is 0.0158. The van der Waals surface area contributed by atoms with Crippen LogP contribution in [0.1, 0.15) is 0 Å². The molecule has 0 heterocycles. The van der Waals surface area contributed by atoms with Crippen LogP contribution in [0.25, 0.3) is 0 Å². The molecule has 0 aromatic carbocycles. The van der Waals surface area contributed by atoms with Crippen LogP contribution in [0.5, 0.6) is 0 Å². The third-order valence-corrected chi connectivity index (χ3v) is 0.292. The van der Waals surface area contributed by atoms with Crippen molar-refractivity contribution in [3.8, 4) is 10.1 Å². The van der Waals surface area contributed by atoms with Gasteiger partial charge in [-0.3, -0.25) is 0 Å². The van der Waals surface area contributed by atoms with Crippen molar-refractivity contribution in [1.82, 2.24) is 0 Å². The summed E-state index contributed by atoms with van der Waals surface area (Å²) >= 11 is 0.431. The molecule has 5 heavy (non-hydrogen) atoms. The van der Waals surface area contributed by atoms with Crippen molar-refractivity contribution in [2.75, 3.05) is 0 Å². The fraction of sp³-hybridized carbons (Fsp3) is 0. The topological polar surface area (TPSA) is 47.6 Å². The first kappa shape index (κ1) is 4.47. The van der Waals surface area contributed by atoms with Crippen LogP contribution in [0.3, 0.4) is 0 Å². The molecule has 0 aliphatic heterocycles. The van der Waals surface area contributed by atoms with Crippen LogP contribution >= 0.6 is 0 Å². The van der Waals surface area contributed by atoms with E-state index in [-0.39, 0.29) is 0 Å². The summed E-state index contributed by atoms with van der Waals surface area (Å²) in [5.41, 5.74) is 0. The summed E-state index contributed by atoms with van der Waals surface area (Å²) in [6, 6.07) is 0. The summed E-state index contributed by atoms with van der Waals surface area (Å²) in [7, 11) is 0. The molecule has 0 aromatic rings. The molecule has 28 valence electrons. The van der Waals surface area contributed by atoms with E-state index in [0.717, 1.165) is 0 Å². The van der Waals surface area contributed by atoms with Crippen molar-refractivity contribution in [3.63, 3.8) is 0 Å². The SMILES string of the molecule is N#[C][Ni][C]#N. The molecule has 0 unspecified atom stereocenters. The van der Waals surface area contributed by atoms with Gasteiger partial charge < -0.3 is 0 Å². The van der Waals surface area contributed by atoms with Crippen molar-refractivity contribution in [1.29, 1.82) is 10.5 Å². The second-order valence-corrected chi connectivity index (χ2v) is 0.909. The minimum atomic E-state index is 0.431. The quantitative estimate of drug-likeness (QED) is 0.414. The van der Waals surface area contributed by atoms with Crippen LogP contribution < -0.4 is 0 Å². The van der Waals surface area contributed by atoms with Crippen molar-refractivity contribution in [2.24, 2.45) is 0 Å². The zero-order valence-electron chi connectivity index (χ0n) is 2.21. The molecule has 0 rings (SSSR count). The van der Waals surface area contributed by atoms with Gasteiger partial charge in [-0.2, -0.15) is 0 Å². The molecule has 0 saturated carbocycles. The molecule has 0 amide bonds. The molecule has 0 aliphatic carbocycles. The molecule has 0 saturated heterocycles. The summed E-state index contributed by atoms with van der Waals surface area (Å²) in [5.74, 6) is 0. The molecule has 0 aliphatic rings. The third-order valence-electron chi connectivity index (χ3n) is 0.0707. The Labute approximate surface area is 35.8 Å². The molecular formula is C2N2Ni. The number of rotatable bonds is 0. The van der Waals surface area contributed by atoms with Gasteiger partial charge >= 0.3 is 35.0 Å². The number of hydrogen-bond donors (Lipinski definition) is 0. The molecule has 2 nitrogen and oxygen atoms in total. The van der Waals surface area contributed by atoms with E-state index < -0.39 is 0 Å². The molecule has 0 aromatic heterocycles. The van der Waals surface area contributed by atoms with Gasteiger partial charge in [0.2, 0.25) is 0 Å². The van der Waals surface area contributed by atoms with Gasteiger partial charge in [0.15, 0.2) is 0 Å². The first-order chi connectivity index (χ1) is 2.41. The maximum atomic E-state index is 7.57. The van der Waals surface area contributed by atoms with E-state index in [1.165, 1.54) is 0 Å². The van der Waals surface area contributed by atoms with E-state index >= 15 is 0 Å². The Morgan fingerprint density at radius 3 is 1.60 bits per heavy atom. The zero-order chi connectivity index (χ0) is 4.12. The van der Waals surface area contributed by atoms with Gasteiger partial charge in [0.25, 0.3) is 0 Å². The molecule has 0 spiro atoms. The van der Waals surface area contributed by atoms with Crippen molar-refractivity contribution >= 4 is 0 Å². The molecule has 3 heteroatoms. The van der Waals surface area contributed by atoms with Crippen LogP contribution in [0.15, 0.2) is 0 Å². The molecule has 0 fully saturated rings. The number of nitrogens with zero attached hydrogens (tertiary/aromatic N) is 2. The zero-order valence-corrected chi connectivity index (χ0v) is 3.20. The Balaban J connectivity index is 2.86. The summed E-state index contributed by atoms with van der Waals surface area (Å²) in [4.78, 5) is 0. The van der Waals surface area contributed by atoms with E-state index in [4.69, 9.17) is 10.5 Å². The van der Waals surface area contributed by atoms with Crippen molar-refractivity contribution < 1.29 is 14.4 Å². The second kappa shape index (κ2) is 3.47. The van der Waals surface area contributed by atoms with Crippen LogP contribution in [-0.2, 0) is 14.4 Å². The average Bonchev–Trinajstić information content (AvgIpc) is 1.41. The van der Waals surface area contributed by atoms with E-state index in [1.54, 1.807) is 10.1 Å². The van der Waals surface area contributed by atoms with Gasteiger partial charge in [-0.05, 0) is 0 Å². The Morgan fingerprint density at radius 1 is 1.20 bits per heavy atom. The summed E-state index contributed by atoms with van der Waals surface area (Å²) in [5, 5.41) is 18.3. The van der Waals surface area contributed by atoms with Crippen LogP contribution in [-0.4, -0.2) is 0 Å².